The van der Waals surface area contributed by atoms with Crippen molar-refractivity contribution in [2.24, 2.45) is 0 Å². The Morgan fingerprint density at radius 1 is 1.00 bits per heavy atom. The Hall–Kier alpha value is -2.15. The Morgan fingerprint density at radius 3 is 2.18 bits per heavy atom. The lowest BCUT2D eigenvalue weighted by Crippen LogP contribution is -2.54. The molecule has 1 unspecified atom stereocenters. The predicted molar refractivity (Wildman–Crippen MR) is 114 cm³/mol. The lowest BCUT2D eigenvalue weighted by molar-refractivity contribution is -0.138. The second kappa shape index (κ2) is 11.1. The van der Waals surface area contributed by atoms with Gasteiger partial charge in [0.25, 0.3) is 5.91 Å². The molecule has 0 radical (unpaired) electrons. The first-order chi connectivity index (χ1) is 15.3. The van der Waals surface area contributed by atoms with Gasteiger partial charge in [-0.1, -0.05) is 23.2 Å². The van der Waals surface area contributed by atoms with Crippen LogP contribution in [0.1, 0.15) is 32.6 Å². The smallest absolute Gasteiger partial charge is 0.416 e. The van der Waals surface area contributed by atoms with Gasteiger partial charge in [-0.25, -0.2) is 0 Å². The number of carbonyl (C=O) groups excluding carboxylic acids is 1. The summed E-state index contributed by atoms with van der Waals surface area (Å²) in [5.41, 5.74) is -1.89. The lowest BCUT2D eigenvalue weighted by atomic mass is 9.99. The average molecular weight is 530 g/mol. The summed E-state index contributed by atoms with van der Waals surface area (Å²) in [6.07, 6.45) is -9.08. The van der Waals surface area contributed by atoms with Crippen molar-refractivity contribution < 1.29 is 39.9 Å². The van der Waals surface area contributed by atoms with Crippen molar-refractivity contribution in [1.82, 2.24) is 10.2 Å². The Bertz CT molecular complexity index is 1030. The molecule has 2 aromatic rings. The molecule has 0 saturated carbocycles. The number of carbonyl (C=O) groups is 1. The van der Waals surface area contributed by atoms with E-state index >= 15 is 0 Å². The summed E-state index contributed by atoms with van der Waals surface area (Å²) in [6.45, 7) is 0.845. The SMILES string of the molecule is Cl.O=C(c1cc(CS(=O)[O-])cc(C(F)(F)F)c1)N1CCNC[C@H]1Cc1ccc(C(F)(F)F)cc1. The molecule has 1 heterocycles. The highest BCUT2D eigenvalue weighted by Crippen LogP contribution is 2.32. The van der Waals surface area contributed by atoms with Gasteiger partial charge in [0.05, 0.1) is 11.1 Å². The van der Waals surface area contributed by atoms with Crippen molar-refractivity contribution in [1.29, 1.82) is 0 Å². The molecule has 1 fully saturated rings. The molecule has 0 aromatic heterocycles. The van der Waals surface area contributed by atoms with E-state index in [0.717, 1.165) is 18.2 Å². The van der Waals surface area contributed by atoms with E-state index < -0.39 is 52.3 Å². The van der Waals surface area contributed by atoms with Crippen LogP contribution in [0.2, 0.25) is 0 Å². The quantitative estimate of drug-likeness (QED) is 0.466. The summed E-state index contributed by atoms with van der Waals surface area (Å²) in [5.74, 6) is -1.39. The maximum absolute atomic E-state index is 13.3. The van der Waals surface area contributed by atoms with Gasteiger partial charge in [0.1, 0.15) is 0 Å². The van der Waals surface area contributed by atoms with Crippen molar-refractivity contribution >= 4 is 29.4 Å². The summed E-state index contributed by atoms with van der Waals surface area (Å²) in [5, 5.41) is 3.06. The summed E-state index contributed by atoms with van der Waals surface area (Å²) in [4.78, 5) is 14.5. The summed E-state index contributed by atoms with van der Waals surface area (Å²) < 4.78 is 100. The van der Waals surface area contributed by atoms with Gasteiger partial charge < -0.3 is 14.8 Å². The number of benzene rings is 2. The van der Waals surface area contributed by atoms with E-state index in [9.17, 15) is 39.9 Å². The lowest BCUT2D eigenvalue weighted by Gasteiger charge is -2.36. The monoisotopic (exact) mass is 529 g/mol. The number of rotatable bonds is 5. The predicted octanol–water partition coefficient (Wildman–Crippen LogP) is 4.18. The van der Waals surface area contributed by atoms with Crippen LogP contribution in [0.3, 0.4) is 0 Å². The van der Waals surface area contributed by atoms with Crippen LogP contribution in [0, 0.1) is 0 Å². The van der Waals surface area contributed by atoms with Crippen LogP contribution in [0.4, 0.5) is 26.3 Å². The average Bonchev–Trinajstić information content (AvgIpc) is 2.72. The van der Waals surface area contributed by atoms with E-state index in [1.165, 1.54) is 17.0 Å². The Morgan fingerprint density at radius 2 is 1.62 bits per heavy atom. The number of halogens is 7. The van der Waals surface area contributed by atoms with E-state index in [-0.39, 0.29) is 36.5 Å². The first-order valence-corrected chi connectivity index (χ1v) is 11.0. The van der Waals surface area contributed by atoms with Gasteiger partial charge in [0.2, 0.25) is 0 Å². The molecule has 0 spiro atoms. The highest BCUT2D eigenvalue weighted by molar-refractivity contribution is 7.78. The van der Waals surface area contributed by atoms with Gasteiger partial charge in [0.15, 0.2) is 0 Å². The highest BCUT2D eigenvalue weighted by atomic mass is 35.5. The maximum Gasteiger partial charge on any atom is 0.416 e. The summed E-state index contributed by atoms with van der Waals surface area (Å²) >= 11 is -2.65. The molecule has 0 aliphatic carbocycles. The molecule has 2 aromatic carbocycles. The zero-order chi connectivity index (χ0) is 24.4. The third-order valence-electron chi connectivity index (χ3n) is 5.22. The van der Waals surface area contributed by atoms with Gasteiger partial charge in [-0.15, -0.1) is 12.4 Å². The van der Waals surface area contributed by atoms with Gasteiger partial charge in [-0.3, -0.25) is 9.00 Å². The van der Waals surface area contributed by atoms with E-state index in [1.807, 2.05) is 0 Å². The molecule has 13 heteroatoms. The minimum atomic E-state index is -4.78. The topological polar surface area (TPSA) is 72.5 Å². The van der Waals surface area contributed by atoms with Gasteiger partial charge >= 0.3 is 12.4 Å². The van der Waals surface area contributed by atoms with Crippen molar-refractivity contribution in [3.63, 3.8) is 0 Å². The molecule has 1 aliphatic heterocycles. The second-order valence-corrected chi connectivity index (χ2v) is 8.52. The number of nitrogens with zero attached hydrogens (tertiary/aromatic N) is 1. The van der Waals surface area contributed by atoms with E-state index in [1.54, 1.807) is 0 Å². The zero-order valence-electron chi connectivity index (χ0n) is 17.4. The largest absolute Gasteiger partial charge is 0.772 e. The number of alkyl halides is 6. The summed E-state index contributed by atoms with van der Waals surface area (Å²) in [7, 11) is 0. The van der Waals surface area contributed by atoms with Crippen LogP contribution in [0.25, 0.3) is 0 Å². The molecule has 1 amide bonds. The van der Waals surface area contributed by atoms with Crippen molar-refractivity contribution in [2.45, 2.75) is 30.6 Å². The fourth-order valence-corrected chi connectivity index (χ4v) is 4.12. The second-order valence-electron chi connectivity index (χ2n) is 7.62. The van der Waals surface area contributed by atoms with E-state index in [2.05, 4.69) is 5.32 Å². The Balaban J connectivity index is 0.00000408. The first-order valence-electron chi connectivity index (χ1n) is 9.79. The molecule has 1 N–H and O–H groups in total. The van der Waals surface area contributed by atoms with Gasteiger partial charge in [-0.05, 0) is 47.9 Å². The molecular weight excluding hydrogens is 510 g/mol. The van der Waals surface area contributed by atoms with E-state index in [0.29, 0.717) is 30.8 Å². The van der Waals surface area contributed by atoms with Crippen molar-refractivity contribution in [2.75, 3.05) is 19.6 Å². The third-order valence-corrected chi connectivity index (χ3v) is 5.78. The number of nitrogens with one attached hydrogen (secondary N) is 1. The number of hydrogen-bond acceptors (Lipinski definition) is 4. The molecule has 1 aliphatic rings. The van der Waals surface area contributed by atoms with Crippen molar-refractivity contribution in [3.05, 3.63) is 70.3 Å². The van der Waals surface area contributed by atoms with Crippen LogP contribution in [0.15, 0.2) is 42.5 Å². The van der Waals surface area contributed by atoms with Gasteiger partial charge in [0, 0.05) is 37.0 Å². The molecule has 34 heavy (non-hydrogen) atoms. The van der Waals surface area contributed by atoms with Gasteiger partial charge in [-0.2, -0.15) is 26.3 Å². The maximum atomic E-state index is 13.3. The Labute approximate surface area is 200 Å². The molecule has 3 rings (SSSR count). The zero-order valence-corrected chi connectivity index (χ0v) is 19.0. The third kappa shape index (κ3) is 7.17. The standard InChI is InChI=1S/C21H20F6N2O3S.ClH/c22-20(23,24)16-3-1-13(2-4-16)9-18-11-28-5-6-29(18)19(30)15-7-14(12-33(31)32)8-17(10-15)21(25,26)27;/h1-4,7-8,10,18,28H,5-6,9,11-12H2,(H,31,32);1H/p-1/t18-;/m1./s1. The normalized spacial score (nSPS) is 17.7. The number of hydrogen-bond donors (Lipinski definition) is 1. The molecule has 0 bridgehead atoms. The minimum Gasteiger partial charge on any atom is -0.772 e. The highest BCUT2D eigenvalue weighted by Gasteiger charge is 2.34. The molecule has 5 nitrogen and oxygen atoms in total. The minimum absolute atomic E-state index is 0. The van der Waals surface area contributed by atoms with Crippen LogP contribution < -0.4 is 5.32 Å². The Kier molecular flexibility index (Phi) is 9.14. The van der Waals surface area contributed by atoms with Crippen LogP contribution in [-0.4, -0.2) is 45.2 Å². The fourth-order valence-electron chi connectivity index (χ4n) is 3.68. The van der Waals surface area contributed by atoms with E-state index in [4.69, 9.17) is 0 Å². The molecular formula is C21H20ClF6N2O3S-. The molecule has 2 atom stereocenters. The van der Waals surface area contributed by atoms with Crippen LogP contribution in [0.5, 0.6) is 0 Å². The summed E-state index contributed by atoms with van der Waals surface area (Å²) in [6, 6.07) is 6.41. The van der Waals surface area contributed by atoms with Crippen molar-refractivity contribution in [3.8, 4) is 0 Å². The molecule has 188 valence electrons. The molecule has 1 saturated heterocycles. The van der Waals surface area contributed by atoms with Crippen LogP contribution >= 0.6 is 12.4 Å². The number of piperazine rings is 1. The fraction of sp³-hybridized carbons (Fsp3) is 0.381. The first kappa shape index (κ1) is 28.1. The van der Waals surface area contributed by atoms with Crippen LogP contribution in [-0.2, 0) is 35.6 Å². The number of amides is 1.